The van der Waals surface area contributed by atoms with Crippen molar-refractivity contribution in [3.05, 3.63) is 173 Å². The number of benzene rings is 5. The monoisotopic (exact) mass is 1070 g/mol. The van der Waals surface area contributed by atoms with Crippen LogP contribution < -0.4 is 14.5 Å². The van der Waals surface area contributed by atoms with Gasteiger partial charge in [0.2, 0.25) is 0 Å². The smallest absolute Gasteiger partial charge is 0.135 e. The number of rotatable bonds is 7. The van der Waals surface area contributed by atoms with Crippen LogP contribution in [0.2, 0.25) is 0 Å². The average Bonchev–Trinajstić information content (AvgIpc) is 3.83. The first-order valence-electron chi connectivity index (χ1n) is 23.7. The molecule has 7 aromatic rings. The van der Waals surface area contributed by atoms with Gasteiger partial charge in [0, 0.05) is 61.1 Å². The molecule has 0 unspecified atom stereocenters. The summed E-state index contributed by atoms with van der Waals surface area (Å²) in [5.74, 6) is 2.14. The number of hydrogen-bond acceptors (Lipinski definition) is 4. The van der Waals surface area contributed by atoms with Crippen molar-refractivity contribution in [2.75, 3.05) is 9.80 Å². The minimum absolute atomic E-state index is 0. The van der Waals surface area contributed by atoms with Gasteiger partial charge in [0.15, 0.2) is 0 Å². The molecule has 5 nitrogen and oxygen atoms in total. The van der Waals surface area contributed by atoms with E-state index in [9.17, 15) is 0 Å². The summed E-state index contributed by atoms with van der Waals surface area (Å²) in [7, 11) is 0. The van der Waals surface area contributed by atoms with Gasteiger partial charge in [-0.15, -0.1) is 53.8 Å². The van der Waals surface area contributed by atoms with Crippen molar-refractivity contribution in [2.24, 2.45) is 0 Å². The molecule has 5 aromatic carbocycles. The molecule has 0 amide bonds. The van der Waals surface area contributed by atoms with Gasteiger partial charge in [-0.25, -0.2) is 4.98 Å². The number of aromatic nitrogens is 2. The van der Waals surface area contributed by atoms with Crippen molar-refractivity contribution in [1.82, 2.24) is 9.55 Å². The second kappa shape index (κ2) is 17.4. The Hall–Kier alpha value is -5.12. The van der Waals surface area contributed by atoms with E-state index in [2.05, 4.69) is 260 Å². The fraction of sp³-hybridized carbons (Fsp3) is 0.377. The van der Waals surface area contributed by atoms with Crippen molar-refractivity contribution >= 4 is 33.2 Å². The first-order valence-corrected chi connectivity index (χ1v) is 23.7. The molecule has 0 saturated carbocycles. The van der Waals surface area contributed by atoms with Crippen LogP contribution in [-0.2, 0) is 53.6 Å². The van der Waals surface area contributed by atoms with Crippen LogP contribution in [0.1, 0.15) is 151 Å². The van der Waals surface area contributed by atoms with Crippen molar-refractivity contribution < 1.29 is 25.8 Å². The number of fused-ring (bicyclic) bond motifs is 3. The summed E-state index contributed by atoms with van der Waals surface area (Å²) in [6, 6.07) is 45.1. The first-order chi connectivity index (χ1) is 30.6. The Morgan fingerprint density at radius 2 is 1.10 bits per heavy atom. The van der Waals surface area contributed by atoms with Gasteiger partial charge in [0.1, 0.15) is 5.82 Å². The Labute approximate surface area is 416 Å². The van der Waals surface area contributed by atoms with Crippen LogP contribution >= 0.6 is 0 Å². The van der Waals surface area contributed by atoms with Gasteiger partial charge in [0.05, 0.1) is 0 Å². The summed E-state index contributed by atoms with van der Waals surface area (Å²) >= 11 is 0. The number of hydrogen-bond donors (Lipinski definition) is 0. The minimum Gasteiger partial charge on any atom is -0.509 e. The molecule has 0 bridgehead atoms. The molecule has 0 radical (unpaired) electrons. The van der Waals surface area contributed by atoms with E-state index in [1.807, 2.05) is 6.20 Å². The molecule has 67 heavy (non-hydrogen) atoms. The predicted octanol–water partition coefficient (Wildman–Crippen LogP) is 16.3. The molecule has 0 spiro atoms. The quantitative estimate of drug-likeness (QED) is 0.149. The van der Waals surface area contributed by atoms with E-state index in [-0.39, 0.29) is 53.6 Å². The van der Waals surface area contributed by atoms with Crippen LogP contribution in [0.4, 0.5) is 11.4 Å². The Morgan fingerprint density at radius 3 is 1.70 bits per heavy atom. The maximum absolute atomic E-state index is 7.08. The van der Waals surface area contributed by atoms with Crippen LogP contribution in [-0.4, -0.2) is 9.55 Å². The molecule has 0 saturated heterocycles. The molecule has 0 N–H and O–H groups in total. The van der Waals surface area contributed by atoms with Crippen LogP contribution in [0.25, 0.3) is 27.6 Å². The Bertz CT molecular complexity index is 2940. The summed E-state index contributed by atoms with van der Waals surface area (Å²) in [5.41, 5.74) is 11.8. The average molecular weight is 1070 g/mol. The molecule has 354 valence electrons. The zero-order valence-corrected chi connectivity index (χ0v) is 45.3. The molecule has 0 fully saturated rings. The molecule has 6 heteroatoms. The summed E-state index contributed by atoms with van der Waals surface area (Å²) < 4.78 is 9.35. The van der Waals surface area contributed by atoms with E-state index < -0.39 is 0 Å². The SMILES string of the molecule is CC(C)(C)c1cc(Oc2[c-]c3c(c(C(C)(C)C)c2)c2ccccc2n3-c2cc(C(C)(C)C)ccn2)[c-]c(N2C=C(C(C)(C)c3ccccc3)N(c3cc(C(C)(C)C)cc(C(C)(C)C)c3)[CH-]2)c1.[Pt]. The molecule has 3 heterocycles. The Morgan fingerprint density at radius 1 is 0.537 bits per heavy atom. The maximum Gasteiger partial charge on any atom is 0.135 e. The molecular formula is C61H71N4OPt-3. The van der Waals surface area contributed by atoms with Crippen LogP contribution in [0.15, 0.2) is 121 Å². The number of anilines is 2. The summed E-state index contributed by atoms with van der Waals surface area (Å²) in [4.78, 5) is 9.61. The fourth-order valence-corrected chi connectivity index (χ4v) is 8.99. The van der Waals surface area contributed by atoms with Crippen molar-refractivity contribution in [2.45, 2.75) is 150 Å². The van der Waals surface area contributed by atoms with Crippen LogP contribution in [0.3, 0.4) is 0 Å². The molecule has 0 aliphatic carbocycles. The number of pyridine rings is 1. The van der Waals surface area contributed by atoms with Crippen molar-refractivity contribution in [1.29, 1.82) is 0 Å². The van der Waals surface area contributed by atoms with Gasteiger partial charge in [-0.1, -0.05) is 183 Å². The minimum atomic E-state index is -0.347. The summed E-state index contributed by atoms with van der Waals surface area (Å²) in [6.07, 6.45) is 4.22. The third-order valence-electron chi connectivity index (χ3n) is 13.3. The van der Waals surface area contributed by atoms with Crippen LogP contribution in [0.5, 0.6) is 11.5 Å². The molecule has 8 rings (SSSR count). The largest absolute Gasteiger partial charge is 0.509 e. The normalized spacial score (nSPS) is 14.2. The fourth-order valence-electron chi connectivity index (χ4n) is 8.99. The van der Waals surface area contributed by atoms with Gasteiger partial charge >= 0.3 is 0 Å². The van der Waals surface area contributed by atoms with E-state index in [4.69, 9.17) is 9.72 Å². The number of para-hydroxylation sites is 1. The topological polar surface area (TPSA) is 33.5 Å². The van der Waals surface area contributed by atoms with E-state index in [0.29, 0.717) is 11.5 Å². The van der Waals surface area contributed by atoms with Gasteiger partial charge in [-0.05, 0) is 91.2 Å². The second-order valence-corrected chi connectivity index (χ2v) is 24.2. The van der Waals surface area contributed by atoms with Gasteiger partial charge < -0.3 is 19.1 Å². The molecule has 0 atom stereocenters. The molecular weight excluding hydrogens is 1000 g/mol. The van der Waals surface area contributed by atoms with E-state index in [1.165, 1.54) is 38.9 Å². The third kappa shape index (κ3) is 9.92. The predicted molar refractivity (Wildman–Crippen MR) is 280 cm³/mol. The van der Waals surface area contributed by atoms with Crippen molar-refractivity contribution in [3.63, 3.8) is 0 Å². The summed E-state index contributed by atoms with van der Waals surface area (Å²) in [5, 5.41) is 2.33. The van der Waals surface area contributed by atoms with E-state index in [0.717, 1.165) is 39.2 Å². The van der Waals surface area contributed by atoms with E-state index in [1.54, 1.807) is 0 Å². The number of nitrogens with zero attached hydrogens (tertiary/aromatic N) is 4. The molecule has 2 aromatic heterocycles. The van der Waals surface area contributed by atoms with E-state index >= 15 is 0 Å². The zero-order chi connectivity index (χ0) is 47.9. The van der Waals surface area contributed by atoms with Crippen molar-refractivity contribution in [3.8, 4) is 17.3 Å². The Balaban J connectivity index is 0.00000666. The third-order valence-corrected chi connectivity index (χ3v) is 13.3. The zero-order valence-electron chi connectivity index (χ0n) is 43.1. The Kier molecular flexibility index (Phi) is 13.0. The van der Waals surface area contributed by atoms with Gasteiger partial charge in [-0.3, -0.25) is 0 Å². The maximum atomic E-state index is 7.08. The van der Waals surface area contributed by atoms with Crippen LogP contribution in [0, 0.1) is 18.8 Å². The van der Waals surface area contributed by atoms with Gasteiger partial charge in [0.25, 0.3) is 0 Å². The molecule has 1 aliphatic heterocycles. The number of allylic oxidation sites excluding steroid dienone is 1. The standard InChI is InChI=1S/C61H71N4O.Pt/c1-56(2,3)41-27-28-62-54(34-41)65-51-26-22-21-25-49(51)55-50(60(13,14)15)36-48(37-52(55)65)66-47-33-44(59(10,11)12)30-45(35-47)63-38-53(61(16,17)40-23-19-18-20-24-40)64(39-63)46-31-42(57(4,5)6)29-43(32-46)58(7,8)9;/h18-34,36,38-39H,1-17H3;/q-3;. The number of ether oxygens (including phenoxy) is 1. The summed E-state index contributed by atoms with van der Waals surface area (Å²) in [6.45, 7) is 41.1. The molecule has 1 aliphatic rings. The van der Waals surface area contributed by atoms with Gasteiger partial charge in [-0.2, -0.15) is 0 Å². The second-order valence-electron chi connectivity index (χ2n) is 24.2. The first kappa shape index (κ1) is 49.8.